The monoisotopic (exact) mass is 225 g/mol. The van der Waals surface area contributed by atoms with Gasteiger partial charge in [-0.05, 0) is 17.7 Å². The third kappa shape index (κ3) is 3.22. The van der Waals surface area contributed by atoms with Crippen LogP contribution in [0.3, 0.4) is 0 Å². The molecule has 0 amide bonds. The first-order chi connectivity index (χ1) is 7.71. The summed E-state index contributed by atoms with van der Waals surface area (Å²) in [6.45, 7) is 0. The van der Waals surface area contributed by atoms with E-state index in [-0.39, 0.29) is 0 Å². The zero-order valence-corrected chi connectivity index (χ0v) is 9.27. The summed E-state index contributed by atoms with van der Waals surface area (Å²) in [6, 6.07) is 6.48. The molecular formula is C11H15NO4. The molecule has 0 radical (unpaired) electrons. The number of ether oxygens (including phenoxy) is 2. The second kappa shape index (κ2) is 6.09. The van der Waals surface area contributed by atoms with E-state index >= 15 is 0 Å². The quantitative estimate of drug-likeness (QED) is 0.572. The summed E-state index contributed by atoms with van der Waals surface area (Å²) in [5.41, 5.74) is 2.82. The van der Waals surface area contributed by atoms with Crippen molar-refractivity contribution in [3.8, 4) is 5.75 Å². The highest BCUT2D eigenvalue weighted by Gasteiger charge is 2.18. The summed E-state index contributed by atoms with van der Waals surface area (Å²) in [4.78, 5) is 11.2. The number of hydroxylamine groups is 1. The number of nitrogens with one attached hydrogen (secondary N) is 1. The fourth-order valence-electron chi connectivity index (χ4n) is 1.32. The molecule has 5 heteroatoms. The van der Waals surface area contributed by atoms with Crippen LogP contribution in [-0.2, 0) is 16.0 Å². The molecule has 0 spiro atoms. The molecule has 16 heavy (non-hydrogen) atoms. The van der Waals surface area contributed by atoms with E-state index in [2.05, 4.69) is 4.74 Å². The Kier molecular flexibility index (Phi) is 4.75. The second-order valence-corrected chi connectivity index (χ2v) is 3.26. The first-order valence-corrected chi connectivity index (χ1v) is 4.81. The van der Waals surface area contributed by atoms with E-state index in [0.717, 1.165) is 11.3 Å². The molecular weight excluding hydrogens is 210 g/mol. The Bertz CT molecular complexity index is 336. The number of hydrogen-bond donors (Lipinski definition) is 2. The Hall–Kier alpha value is -1.59. The molecule has 0 aliphatic rings. The van der Waals surface area contributed by atoms with E-state index in [1.54, 1.807) is 19.2 Å². The molecule has 0 aromatic heterocycles. The molecule has 0 bridgehead atoms. The summed E-state index contributed by atoms with van der Waals surface area (Å²) >= 11 is 0. The smallest absolute Gasteiger partial charge is 0.325 e. The van der Waals surface area contributed by atoms with Crippen molar-refractivity contribution in [3.05, 3.63) is 29.8 Å². The summed E-state index contributed by atoms with van der Waals surface area (Å²) in [6.07, 6.45) is 0.354. The minimum atomic E-state index is -0.751. The number of methoxy groups -OCH3 is 2. The third-order valence-electron chi connectivity index (χ3n) is 2.24. The predicted octanol–water partition coefficient (Wildman–Crippen LogP) is 0.758. The van der Waals surface area contributed by atoms with Gasteiger partial charge in [-0.2, -0.15) is 5.48 Å². The van der Waals surface area contributed by atoms with Gasteiger partial charge in [0.05, 0.1) is 14.2 Å². The van der Waals surface area contributed by atoms with Crippen molar-refractivity contribution >= 4 is 5.97 Å². The first-order valence-electron chi connectivity index (χ1n) is 4.81. The van der Waals surface area contributed by atoms with Crippen molar-refractivity contribution in [2.24, 2.45) is 0 Å². The molecule has 0 saturated carbocycles. The van der Waals surface area contributed by atoms with Gasteiger partial charge in [-0.25, -0.2) is 0 Å². The lowest BCUT2D eigenvalue weighted by Gasteiger charge is -2.12. The van der Waals surface area contributed by atoms with Crippen molar-refractivity contribution < 1.29 is 19.5 Å². The lowest BCUT2D eigenvalue weighted by molar-refractivity contribution is -0.145. The Labute approximate surface area is 93.9 Å². The molecule has 2 N–H and O–H groups in total. The summed E-state index contributed by atoms with van der Waals surface area (Å²) < 4.78 is 9.55. The van der Waals surface area contributed by atoms with Gasteiger partial charge < -0.3 is 14.7 Å². The van der Waals surface area contributed by atoms with Crippen molar-refractivity contribution in [2.45, 2.75) is 12.5 Å². The Morgan fingerprint density at radius 3 is 2.44 bits per heavy atom. The maximum absolute atomic E-state index is 11.2. The molecule has 0 aliphatic carbocycles. The van der Waals surface area contributed by atoms with Crippen LogP contribution in [0.4, 0.5) is 0 Å². The van der Waals surface area contributed by atoms with Gasteiger partial charge >= 0.3 is 5.97 Å². The van der Waals surface area contributed by atoms with Crippen LogP contribution in [0.25, 0.3) is 0 Å². The number of esters is 1. The molecule has 0 fully saturated rings. The van der Waals surface area contributed by atoms with E-state index in [1.165, 1.54) is 7.11 Å². The summed E-state index contributed by atoms with van der Waals surface area (Å²) in [5.74, 6) is 0.244. The number of benzene rings is 1. The molecule has 0 heterocycles. The van der Waals surface area contributed by atoms with Gasteiger partial charge in [-0.3, -0.25) is 4.79 Å². The minimum Gasteiger partial charge on any atom is -0.497 e. The van der Waals surface area contributed by atoms with Crippen LogP contribution in [0.1, 0.15) is 5.56 Å². The fourth-order valence-corrected chi connectivity index (χ4v) is 1.32. The second-order valence-electron chi connectivity index (χ2n) is 3.26. The molecule has 5 nitrogen and oxygen atoms in total. The Balaban J connectivity index is 2.66. The largest absolute Gasteiger partial charge is 0.497 e. The maximum Gasteiger partial charge on any atom is 0.325 e. The van der Waals surface area contributed by atoms with Crippen LogP contribution in [0.15, 0.2) is 24.3 Å². The standard InChI is InChI=1S/C11H15NO4/c1-15-9-5-3-8(4-6-9)7-10(12-14)11(13)16-2/h3-6,10,12,14H,7H2,1-2H3/t10-/m0/s1. The summed E-state index contributed by atoms with van der Waals surface area (Å²) in [5, 5.41) is 8.81. The van der Waals surface area contributed by atoms with Gasteiger partial charge in [-0.1, -0.05) is 12.1 Å². The number of rotatable bonds is 5. The lowest BCUT2D eigenvalue weighted by Crippen LogP contribution is -2.37. The van der Waals surface area contributed by atoms with E-state index in [1.807, 2.05) is 17.6 Å². The molecule has 0 unspecified atom stereocenters. The molecule has 1 rings (SSSR count). The normalized spacial score (nSPS) is 11.9. The van der Waals surface area contributed by atoms with Crippen molar-refractivity contribution in [1.82, 2.24) is 5.48 Å². The highest BCUT2D eigenvalue weighted by Crippen LogP contribution is 2.12. The number of hydrogen-bond acceptors (Lipinski definition) is 5. The predicted molar refractivity (Wildman–Crippen MR) is 57.4 cm³/mol. The van der Waals surface area contributed by atoms with E-state index in [9.17, 15) is 4.79 Å². The molecule has 1 atom stereocenters. The van der Waals surface area contributed by atoms with Gasteiger partial charge in [0.2, 0.25) is 0 Å². The lowest BCUT2D eigenvalue weighted by atomic mass is 10.1. The van der Waals surface area contributed by atoms with Crippen molar-refractivity contribution in [1.29, 1.82) is 0 Å². The highest BCUT2D eigenvalue weighted by atomic mass is 16.5. The van der Waals surface area contributed by atoms with Crippen LogP contribution in [0.5, 0.6) is 5.75 Å². The third-order valence-corrected chi connectivity index (χ3v) is 2.24. The van der Waals surface area contributed by atoms with Gasteiger partial charge in [-0.15, -0.1) is 0 Å². The number of carbonyl (C=O) groups excluding carboxylic acids is 1. The zero-order chi connectivity index (χ0) is 12.0. The molecule has 1 aromatic carbocycles. The molecule has 88 valence electrons. The Morgan fingerprint density at radius 2 is 2.00 bits per heavy atom. The van der Waals surface area contributed by atoms with E-state index < -0.39 is 12.0 Å². The molecule has 0 aliphatic heterocycles. The first kappa shape index (κ1) is 12.5. The van der Waals surface area contributed by atoms with Crippen molar-refractivity contribution in [3.63, 3.8) is 0 Å². The molecule has 0 saturated heterocycles. The van der Waals surface area contributed by atoms with Gasteiger partial charge in [0, 0.05) is 6.42 Å². The van der Waals surface area contributed by atoms with E-state index in [0.29, 0.717) is 6.42 Å². The Morgan fingerprint density at radius 1 is 1.38 bits per heavy atom. The minimum absolute atomic E-state index is 0.354. The van der Waals surface area contributed by atoms with E-state index in [4.69, 9.17) is 9.94 Å². The summed E-state index contributed by atoms with van der Waals surface area (Å²) in [7, 11) is 2.86. The SMILES string of the molecule is COC(=O)[C@H](Cc1ccc(OC)cc1)NO. The van der Waals surface area contributed by atoms with Crippen LogP contribution < -0.4 is 10.2 Å². The van der Waals surface area contributed by atoms with Crippen molar-refractivity contribution in [2.75, 3.05) is 14.2 Å². The maximum atomic E-state index is 11.2. The number of carbonyl (C=O) groups is 1. The fraction of sp³-hybridized carbons (Fsp3) is 0.364. The van der Waals surface area contributed by atoms with Crippen LogP contribution in [0.2, 0.25) is 0 Å². The van der Waals surface area contributed by atoms with Gasteiger partial charge in [0.1, 0.15) is 11.8 Å². The zero-order valence-electron chi connectivity index (χ0n) is 9.27. The molecule has 1 aromatic rings. The topological polar surface area (TPSA) is 67.8 Å². The average Bonchev–Trinajstić information content (AvgIpc) is 2.35. The van der Waals surface area contributed by atoms with Crippen LogP contribution >= 0.6 is 0 Å². The van der Waals surface area contributed by atoms with Crippen LogP contribution in [-0.4, -0.2) is 31.4 Å². The van der Waals surface area contributed by atoms with Gasteiger partial charge in [0.25, 0.3) is 0 Å². The highest BCUT2D eigenvalue weighted by molar-refractivity contribution is 5.75. The van der Waals surface area contributed by atoms with Gasteiger partial charge in [0.15, 0.2) is 0 Å². The van der Waals surface area contributed by atoms with Crippen LogP contribution in [0, 0.1) is 0 Å². The average molecular weight is 225 g/mol.